The van der Waals surface area contributed by atoms with Gasteiger partial charge in [-0.2, -0.15) is 0 Å². The van der Waals surface area contributed by atoms with Gasteiger partial charge in [0.25, 0.3) is 0 Å². The van der Waals surface area contributed by atoms with Crippen LogP contribution in [0.2, 0.25) is 0 Å². The molecule has 5 aromatic rings. The summed E-state index contributed by atoms with van der Waals surface area (Å²) in [6, 6.07) is 23.3. The lowest BCUT2D eigenvalue weighted by Crippen LogP contribution is -2.29. The molecule has 5 rings (SSSR count). The molecule has 0 fully saturated rings. The minimum atomic E-state index is -0.344. The number of anilines is 2. The Morgan fingerprint density at radius 3 is 2.46 bits per heavy atom. The normalized spacial score (nSPS) is 11.1. The van der Waals surface area contributed by atoms with Crippen LogP contribution in [0.5, 0.6) is 0 Å². The fraction of sp³-hybridized carbons (Fsp3) is 0.148. The summed E-state index contributed by atoms with van der Waals surface area (Å²) in [6.07, 6.45) is 1.59. The summed E-state index contributed by atoms with van der Waals surface area (Å²) in [6.45, 7) is 1.21. The van der Waals surface area contributed by atoms with Crippen LogP contribution in [0, 0.1) is 5.82 Å². The van der Waals surface area contributed by atoms with E-state index in [-0.39, 0.29) is 11.8 Å². The van der Waals surface area contributed by atoms with E-state index in [1.54, 1.807) is 0 Å². The number of para-hydroxylation sites is 1. The lowest BCUT2D eigenvalue weighted by Gasteiger charge is -2.12. The van der Waals surface area contributed by atoms with Crippen molar-refractivity contribution in [3.8, 4) is 11.4 Å². The number of amides is 2. The quantitative estimate of drug-likeness (QED) is 0.272. The molecule has 0 saturated carbocycles. The molecule has 0 aliphatic heterocycles. The average molecular weight is 469 g/mol. The number of imidazole rings is 1. The number of aryl methyl sites for hydroxylation is 1. The fourth-order valence-electron chi connectivity index (χ4n) is 4.19. The molecule has 7 nitrogen and oxygen atoms in total. The SMILES string of the molecule is Nc1nc2ccccc2c2c1nc(-c1ccccc1)n2CCCCNC(=O)Nc1ccc(F)cc1. The van der Waals surface area contributed by atoms with E-state index in [9.17, 15) is 9.18 Å². The van der Waals surface area contributed by atoms with Crippen LogP contribution >= 0.6 is 0 Å². The first-order valence-corrected chi connectivity index (χ1v) is 11.5. The van der Waals surface area contributed by atoms with Crippen LogP contribution in [0.25, 0.3) is 33.3 Å². The highest BCUT2D eigenvalue weighted by Crippen LogP contribution is 2.32. The van der Waals surface area contributed by atoms with Crippen molar-refractivity contribution in [3.05, 3.63) is 84.7 Å². The Labute approximate surface area is 201 Å². The Bertz CT molecular complexity index is 1480. The van der Waals surface area contributed by atoms with Crippen LogP contribution in [0.4, 0.5) is 20.7 Å². The van der Waals surface area contributed by atoms with E-state index in [0.29, 0.717) is 30.1 Å². The number of hydrogen-bond acceptors (Lipinski definition) is 4. The lowest BCUT2D eigenvalue weighted by atomic mass is 10.1. The number of carbonyl (C=O) groups excluding carboxylic acids is 1. The first-order valence-electron chi connectivity index (χ1n) is 11.5. The highest BCUT2D eigenvalue weighted by atomic mass is 19.1. The Hall–Kier alpha value is -4.46. The Morgan fingerprint density at radius 1 is 0.914 bits per heavy atom. The molecule has 0 aliphatic rings. The van der Waals surface area contributed by atoms with Gasteiger partial charge >= 0.3 is 6.03 Å². The fourth-order valence-corrected chi connectivity index (χ4v) is 4.19. The minimum Gasteiger partial charge on any atom is -0.382 e. The summed E-state index contributed by atoms with van der Waals surface area (Å²) in [4.78, 5) is 21.6. The summed E-state index contributed by atoms with van der Waals surface area (Å²) in [5.74, 6) is 0.907. The van der Waals surface area contributed by atoms with Crippen LogP contribution in [-0.4, -0.2) is 27.1 Å². The predicted molar refractivity (Wildman–Crippen MR) is 138 cm³/mol. The van der Waals surface area contributed by atoms with Crippen LogP contribution < -0.4 is 16.4 Å². The molecule has 8 heteroatoms. The van der Waals surface area contributed by atoms with Crippen molar-refractivity contribution in [3.63, 3.8) is 0 Å². The highest BCUT2D eigenvalue weighted by molar-refractivity contribution is 6.07. The number of urea groups is 1. The zero-order valence-corrected chi connectivity index (χ0v) is 19.0. The molecule has 0 unspecified atom stereocenters. The van der Waals surface area contributed by atoms with Crippen molar-refractivity contribution >= 4 is 39.5 Å². The van der Waals surface area contributed by atoms with Gasteiger partial charge in [-0.3, -0.25) is 0 Å². The van der Waals surface area contributed by atoms with Crippen molar-refractivity contribution < 1.29 is 9.18 Å². The van der Waals surface area contributed by atoms with Gasteiger partial charge in [0.1, 0.15) is 17.2 Å². The number of rotatable bonds is 7. The van der Waals surface area contributed by atoms with E-state index in [1.165, 1.54) is 24.3 Å². The van der Waals surface area contributed by atoms with Crippen molar-refractivity contribution in [1.29, 1.82) is 0 Å². The number of nitrogens with two attached hydrogens (primary N) is 1. The number of carbonyl (C=O) groups is 1. The third kappa shape index (κ3) is 4.77. The van der Waals surface area contributed by atoms with Gasteiger partial charge in [0, 0.05) is 29.7 Å². The number of hydrogen-bond donors (Lipinski definition) is 3. The highest BCUT2D eigenvalue weighted by Gasteiger charge is 2.18. The van der Waals surface area contributed by atoms with Gasteiger partial charge in [0.15, 0.2) is 5.82 Å². The standard InChI is InChI=1S/C27H25FN6O/c28-19-12-14-20(15-13-19)31-27(35)30-16-6-7-17-34-24-21-10-4-5-11-22(21)32-25(29)23(24)33-26(34)18-8-2-1-3-9-18/h1-5,8-15H,6-7,16-17H2,(H2,29,32)(H2,30,31,35). The van der Waals surface area contributed by atoms with E-state index < -0.39 is 0 Å². The topological polar surface area (TPSA) is 97.9 Å². The van der Waals surface area contributed by atoms with Crippen molar-refractivity contribution in [1.82, 2.24) is 19.9 Å². The third-order valence-electron chi connectivity index (χ3n) is 5.84. The molecule has 0 saturated heterocycles. The van der Waals surface area contributed by atoms with Gasteiger partial charge in [0.2, 0.25) is 0 Å². The molecule has 0 spiro atoms. The monoisotopic (exact) mass is 468 g/mol. The molecule has 0 radical (unpaired) electrons. The number of nitrogens with zero attached hydrogens (tertiary/aromatic N) is 3. The molecule has 0 aliphatic carbocycles. The second-order valence-electron chi connectivity index (χ2n) is 8.26. The lowest BCUT2D eigenvalue weighted by molar-refractivity contribution is 0.252. The van der Waals surface area contributed by atoms with Gasteiger partial charge < -0.3 is 20.9 Å². The molecule has 0 atom stereocenters. The van der Waals surface area contributed by atoms with E-state index in [2.05, 4.69) is 20.2 Å². The second kappa shape index (κ2) is 9.80. The predicted octanol–water partition coefficient (Wildman–Crippen LogP) is 5.57. The molecular formula is C27H25FN6O. The van der Waals surface area contributed by atoms with Gasteiger partial charge in [-0.1, -0.05) is 48.5 Å². The number of aromatic nitrogens is 3. The van der Waals surface area contributed by atoms with Gasteiger partial charge in [-0.15, -0.1) is 0 Å². The van der Waals surface area contributed by atoms with Crippen molar-refractivity contribution in [2.24, 2.45) is 0 Å². The minimum absolute atomic E-state index is 0.320. The first-order chi connectivity index (χ1) is 17.1. The van der Waals surface area contributed by atoms with E-state index >= 15 is 0 Å². The number of benzene rings is 3. The van der Waals surface area contributed by atoms with Gasteiger partial charge in [-0.05, 0) is 43.2 Å². The van der Waals surface area contributed by atoms with E-state index in [0.717, 1.165) is 40.6 Å². The third-order valence-corrected chi connectivity index (χ3v) is 5.84. The van der Waals surface area contributed by atoms with Crippen LogP contribution in [0.3, 0.4) is 0 Å². The average Bonchev–Trinajstić information content (AvgIpc) is 3.26. The Morgan fingerprint density at radius 2 is 1.66 bits per heavy atom. The maximum Gasteiger partial charge on any atom is 0.319 e. The zero-order valence-electron chi connectivity index (χ0n) is 19.0. The van der Waals surface area contributed by atoms with Crippen molar-refractivity contribution in [2.45, 2.75) is 19.4 Å². The molecule has 2 amide bonds. The van der Waals surface area contributed by atoms with Gasteiger partial charge in [0.05, 0.1) is 11.0 Å². The molecule has 176 valence electrons. The molecule has 35 heavy (non-hydrogen) atoms. The summed E-state index contributed by atoms with van der Waals surface area (Å²) >= 11 is 0. The van der Waals surface area contributed by atoms with Gasteiger partial charge in [-0.25, -0.2) is 19.2 Å². The number of pyridine rings is 1. The molecular weight excluding hydrogens is 443 g/mol. The second-order valence-corrected chi connectivity index (χ2v) is 8.26. The Kier molecular flexibility index (Phi) is 6.26. The molecule has 0 bridgehead atoms. The number of unbranched alkanes of at least 4 members (excludes halogenated alkanes) is 1. The summed E-state index contributed by atoms with van der Waals surface area (Å²) in [5.41, 5.74) is 10.3. The van der Waals surface area contributed by atoms with E-state index in [1.807, 2.05) is 54.6 Å². The summed E-state index contributed by atoms with van der Waals surface area (Å²) in [5, 5.41) is 6.55. The number of nitrogens with one attached hydrogen (secondary N) is 2. The smallest absolute Gasteiger partial charge is 0.319 e. The number of halogens is 1. The van der Waals surface area contributed by atoms with Crippen LogP contribution in [-0.2, 0) is 6.54 Å². The Balaban J connectivity index is 1.33. The van der Waals surface area contributed by atoms with Crippen LogP contribution in [0.1, 0.15) is 12.8 Å². The summed E-state index contributed by atoms with van der Waals surface area (Å²) < 4.78 is 15.2. The molecule has 3 aromatic carbocycles. The van der Waals surface area contributed by atoms with Crippen LogP contribution in [0.15, 0.2) is 78.9 Å². The molecule has 4 N–H and O–H groups in total. The number of nitrogen functional groups attached to an aromatic ring is 1. The number of fused-ring (bicyclic) bond motifs is 3. The first kappa shape index (κ1) is 22.3. The molecule has 2 aromatic heterocycles. The van der Waals surface area contributed by atoms with Crippen molar-refractivity contribution in [2.75, 3.05) is 17.6 Å². The maximum absolute atomic E-state index is 13.0. The summed E-state index contributed by atoms with van der Waals surface area (Å²) in [7, 11) is 0. The zero-order chi connectivity index (χ0) is 24.2. The largest absolute Gasteiger partial charge is 0.382 e. The maximum atomic E-state index is 13.0. The molecule has 2 heterocycles. The van der Waals surface area contributed by atoms with E-state index in [4.69, 9.17) is 10.7 Å².